The van der Waals surface area contributed by atoms with Gasteiger partial charge in [0.2, 0.25) is 0 Å². The second-order valence-electron chi connectivity index (χ2n) is 3.17. The number of nitrogens with zero attached hydrogens (tertiary/aromatic N) is 1. The summed E-state index contributed by atoms with van der Waals surface area (Å²) in [5.74, 6) is -2.99. The van der Waals surface area contributed by atoms with Crippen LogP contribution in [0, 0.1) is 28.9 Å². The average molecular weight is 193 g/mol. The molecule has 0 saturated carbocycles. The highest BCUT2D eigenvalue weighted by Crippen LogP contribution is 2.29. The van der Waals surface area contributed by atoms with Crippen LogP contribution in [0.3, 0.4) is 0 Å². The third kappa shape index (κ3) is 1.10. The molecule has 0 aromatic heterocycles. The summed E-state index contributed by atoms with van der Waals surface area (Å²) in [6.45, 7) is 0. The number of hydrogen-bond acceptors (Lipinski definition) is 2. The summed E-state index contributed by atoms with van der Waals surface area (Å²) in [4.78, 5) is 11.4. The fourth-order valence-electron chi connectivity index (χ4n) is 1.65. The predicted octanol–water partition coefficient (Wildman–Crippen LogP) is 1.84. The maximum Gasteiger partial charge on any atom is 0.183 e. The molecule has 1 aromatic rings. The zero-order chi connectivity index (χ0) is 10.3. The summed E-state index contributed by atoms with van der Waals surface area (Å²) in [5, 5.41) is 8.58. The van der Waals surface area contributed by atoms with Gasteiger partial charge in [0.25, 0.3) is 0 Å². The molecular formula is C10H5F2NO. The lowest BCUT2D eigenvalue weighted by Crippen LogP contribution is -2.06. The van der Waals surface area contributed by atoms with Crippen LogP contribution in [0.4, 0.5) is 8.78 Å². The van der Waals surface area contributed by atoms with Gasteiger partial charge in [-0.15, -0.1) is 0 Å². The highest BCUT2D eigenvalue weighted by Gasteiger charge is 2.33. The van der Waals surface area contributed by atoms with Crippen LogP contribution in [0.1, 0.15) is 15.9 Å². The van der Waals surface area contributed by atoms with Crippen molar-refractivity contribution in [2.24, 2.45) is 5.92 Å². The lowest BCUT2D eigenvalue weighted by Gasteiger charge is -1.98. The van der Waals surface area contributed by atoms with Crippen LogP contribution in [0.5, 0.6) is 0 Å². The summed E-state index contributed by atoms with van der Waals surface area (Å²) >= 11 is 0. The molecule has 0 fully saturated rings. The Labute approximate surface area is 78.8 Å². The first-order valence-corrected chi connectivity index (χ1v) is 4.05. The van der Waals surface area contributed by atoms with E-state index in [1.807, 2.05) is 0 Å². The molecule has 4 heteroatoms. The number of Topliss-reactive ketones (excluding diaryl/α,β-unsaturated/α-hetero) is 1. The number of fused-ring (bicyclic) bond motifs is 1. The molecule has 0 N–H and O–H groups in total. The molecule has 0 radical (unpaired) electrons. The van der Waals surface area contributed by atoms with Gasteiger partial charge in [-0.1, -0.05) is 0 Å². The predicted molar refractivity (Wildman–Crippen MR) is 43.5 cm³/mol. The van der Waals surface area contributed by atoms with Crippen molar-refractivity contribution >= 4 is 5.78 Å². The van der Waals surface area contributed by atoms with Gasteiger partial charge in [-0.3, -0.25) is 4.79 Å². The Balaban J connectivity index is 2.61. The number of benzene rings is 1. The molecule has 2 rings (SSSR count). The molecule has 0 saturated heterocycles. The first-order valence-electron chi connectivity index (χ1n) is 4.05. The van der Waals surface area contributed by atoms with Crippen molar-refractivity contribution in [3.05, 3.63) is 34.9 Å². The van der Waals surface area contributed by atoms with Crippen LogP contribution in [-0.2, 0) is 6.42 Å². The van der Waals surface area contributed by atoms with Gasteiger partial charge in [0.1, 0.15) is 17.6 Å². The van der Waals surface area contributed by atoms with Crippen molar-refractivity contribution in [1.29, 1.82) is 5.26 Å². The SMILES string of the molecule is N#CC1Cc2cc(F)cc(F)c2C1=O. The second kappa shape index (κ2) is 2.88. The lowest BCUT2D eigenvalue weighted by atomic mass is 10.1. The van der Waals surface area contributed by atoms with Gasteiger partial charge < -0.3 is 0 Å². The Morgan fingerprint density at radius 3 is 2.79 bits per heavy atom. The molecule has 1 aliphatic carbocycles. The maximum absolute atomic E-state index is 13.1. The zero-order valence-corrected chi connectivity index (χ0v) is 7.05. The molecule has 2 nitrogen and oxygen atoms in total. The average Bonchev–Trinajstić information content (AvgIpc) is 2.42. The summed E-state index contributed by atoms with van der Waals surface area (Å²) in [6.07, 6.45) is 0.110. The normalized spacial score (nSPS) is 19.2. The molecule has 0 aliphatic heterocycles. The molecule has 1 atom stereocenters. The number of carbonyl (C=O) groups excluding carboxylic acids is 1. The summed E-state index contributed by atoms with van der Waals surface area (Å²) < 4.78 is 25.9. The number of rotatable bonds is 0. The van der Waals surface area contributed by atoms with Gasteiger partial charge in [-0.05, 0) is 18.1 Å². The third-order valence-corrected chi connectivity index (χ3v) is 2.28. The molecule has 1 aliphatic rings. The molecule has 1 aromatic carbocycles. The van der Waals surface area contributed by atoms with Crippen molar-refractivity contribution in [1.82, 2.24) is 0 Å². The van der Waals surface area contributed by atoms with Crippen LogP contribution in [0.15, 0.2) is 12.1 Å². The fraction of sp³-hybridized carbons (Fsp3) is 0.200. The molecule has 0 heterocycles. The summed E-state index contributed by atoms with van der Waals surface area (Å²) in [6, 6.07) is 3.54. The maximum atomic E-state index is 13.1. The molecular weight excluding hydrogens is 188 g/mol. The number of hydrogen-bond donors (Lipinski definition) is 0. The van der Waals surface area contributed by atoms with E-state index in [0.29, 0.717) is 11.6 Å². The van der Waals surface area contributed by atoms with Gasteiger partial charge in [0.15, 0.2) is 5.78 Å². The Kier molecular flexibility index (Phi) is 1.81. The Hall–Kier alpha value is -1.76. The van der Waals surface area contributed by atoms with Crippen molar-refractivity contribution < 1.29 is 13.6 Å². The van der Waals surface area contributed by atoms with Crippen LogP contribution >= 0.6 is 0 Å². The monoisotopic (exact) mass is 193 g/mol. The summed E-state index contributed by atoms with van der Waals surface area (Å²) in [5.41, 5.74) is 0.164. The van der Waals surface area contributed by atoms with E-state index in [2.05, 4.69) is 0 Å². The molecule has 14 heavy (non-hydrogen) atoms. The van der Waals surface area contributed by atoms with Crippen LogP contribution in [0.2, 0.25) is 0 Å². The quantitative estimate of drug-likeness (QED) is 0.630. The van der Waals surface area contributed by atoms with Gasteiger partial charge in [-0.2, -0.15) is 5.26 Å². The topological polar surface area (TPSA) is 40.9 Å². The minimum Gasteiger partial charge on any atom is -0.293 e. The van der Waals surface area contributed by atoms with Crippen LogP contribution < -0.4 is 0 Å². The first kappa shape index (κ1) is 8.82. The summed E-state index contributed by atoms with van der Waals surface area (Å²) in [7, 11) is 0. The van der Waals surface area contributed by atoms with E-state index in [1.165, 1.54) is 0 Å². The van der Waals surface area contributed by atoms with Crippen molar-refractivity contribution in [3.63, 3.8) is 0 Å². The van der Waals surface area contributed by atoms with Crippen molar-refractivity contribution in [2.45, 2.75) is 6.42 Å². The van der Waals surface area contributed by atoms with E-state index in [-0.39, 0.29) is 12.0 Å². The highest BCUT2D eigenvalue weighted by molar-refractivity contribution is 6.03. The van der Waals surface area contributed by atoms with E-state index in [4.69, 9.17) is 5.26 Å². The first-order chi connectivity index (χ1) is 6.63. The largest absolute Gasteiger partial charge is 0.293 e. The number of halogens is 2. The van der Waals surface area contributed by atoms with E-state index < -0.39 is 23.3 Å². The van der Waals surface area contributed by atoms with Crippen molar-refractivity contribution in [3.8, 4) is 6.07 Å². The van der Waals surface area contributed by atoms with E-state index in [1.54, 1.807) is 6.07 Å². The van der Waals surface area contributed by atoms with Gasteiger partial charge in [-0.25, -0.2) is 8.78 Å². The molecule has 0 spiro atoms. The Morgan fingerprint density at radius 2 is 2.14 bits per heavy atom. The van der Waals surface area contributed by atoms with Crippen LogP contribution in [-0.4, -0.2) is 5.78 Å². The second-order valence-corrected chi connectivity index (χ2v) is 3.17. The van der Waals surface area contributed by atoms with Crippen molar-refractivity contribution in [2.75, 3.05) is 0 Å². The third-order valence-electron chi connectivity index (χ3n) is 2.28. The minimum absolute atomic E-state index is 0.110. The number of carbonyl (C=O) groups is 1. The van der Waals surface area contributed by atoms with E-state index >= 15 is 0 Å². The van der Waals surface area contributed by atoms with Gasteiger partial charge in [0.05, 0.1) is 11.6 Å². The van der Waals surface area contributed by atoms with E-state index in [0.717, 1.165) is 6.07 Å². The van der Waals surface area contributed by atoms with Gasteiger partial charge >= 0.3 is 0 Å². The molecule has 0 bridgehead atoms. The zero-order valence-electron chi connectivity index (χ0n) is 7.05. The van der Waals surface area contributed by atoms with Crippen LogP contribution in [0.25, 0.3) is 0 Å². The highest BCUT2D eigenvalue weighted by atomic mass is 19.1. The Morgan fingerprint density at radius 1 is 1.43 bits per heavy atom. The fourth-order valence-corrected chi connectivity index (χ4v) is 1.65. The molecule has 70 valence electrons. The van der Waals surface area contributed by atoms with Gasteiger partial charge in [0, 0.05) is 6.07 Å². The molecule has 0 amide bonds. The molecule has 1 unspecified atom stereocenters. The lowest BCUT2D eigenvalue weighted by molar-refractivity contribution is 0.0960. The standard InChI is InChI=1S/C10H5F2NO/c11-7-2-5-1-6(4-13)10(14)9(5)8(12)3-7/h2-3,6H,1H2. The smallest absolute Gasteiger partial charge is 0.183 e. The minimum atomic E-state index is -0.872. The number of ketones is 1. The number of nitriles is 1. The van der Waals surface area contributed by atoms with E-state index in [9.17, 15) is 13.6 Å². The Bertz CT molecular complexity index is 462.